The van der Waals surface area contributed by atoms with Crippen molar-refractivity contribution in [1.29, 1.82) is 0 Å². The Bertz CT molecular complexity index is 601. The highest BCUT2D eigenvalue weighted by atomic mass is 16.5. The minimum Gasteiger partial charge on any atom is -0.494 e. The van der Waals surface area contributed by atoms with Crippen LogP contribution in [-0.2, 0) is 9.59 Å². The van der Waals surface area contributed by atoms with E-state index in [4.69, 9.17) is 4.74 Å². The minimum atomic E-state index is -0.0190. The molecule has 1 fully saturated rings. The number of piperidine rings is 1. The fraction of sp³-hybridized carbons (Fsp3) is 0.619. The standard InChI is InChI=1S/C21H32N2O3/c1-16(2)21(25)22-18-9-7-12-23(15-18)20(24)11-4-5-13-26-19-10-6-8-17(3)14-19/h6,8,10,14,16,18H,4-5,7,9,11-13,15H2,1-3H3,(H,22,25). The van der Waals surface area contributed by atoms with Crippen LogP contribution in [0.4, 0.5) is 0 Å². The zero-order valence-electron chi connectivity index (χ0n) is 16.3. The molecule has 144 valence electrons. The highest BCUT2D eigenvalue weighted by molar-refractivity contribution is 5.79. The molecule has 1 aliphatic rings. The Morgan fingerprint density at radius 1 is 1.31 bits per heavy atom. The summed E-state index contributed by atoms with van der Waals surface area (Å²) in [6.07, 6.45) is 4.13. The third-order valence-corrected chi connectivity index (χ3v) is 4.69. The number of nitrogens with zero attached hydrogens (tertiary/aromatic N) is 1. The molecular formula is C21H32N2O3. The zero-order chi connectivity index (χ0) is 18.9. The van der Waals surface area contributed by atoms with Gasteiger partial charge in [0.05, 0.1) is 6.61 Å². The van der Waals surface area contributed by atoms with Crippen LogP contribution in [0.2, 0.25) is 0 Å². The van der Waals surface area contributed by atoms with Crippen LogP contribution in [0.1, 0.15) is 51.5 Å². The maximum Gasteiger partial charge on any atom is 0.222 e. The van der Waals surface area contributed by atoms with Crippen LogP contribution < -0.4 is 10.1 Å². The molecule has 0 aromatic heterocycles. The van der Waals surface area contributed by atoms with E-state index in [1.165, 1.54) is 5.56 Å². The lowest BCUT2D eigenvalue weighted by atomic mass is 10.0. The summed E-state index contributed by atoms with van der Waals surface area (Å²) in [4.78, 5) is 26.2. The molecule has 5 heteroatoms. The predicted molar refractivity (Wildman–Crippen MR) is 103 cm³/mol. The third-order valence-electron chi connectivity index (χ3n) is 4.69. The van der Waals surface area contributed by atoms with Crippen molar-refractivity contribution in [2.24, 2.45) is 5.92 Å². The van der Waals surface area contributed by atoms with Gasteiger partial charge in [-0.15, -0.1) is 0 Å². The van der Waals surface area contributed by atoms with Gasteiger partial charge in [-0.2, -0.15) is 0 Å². The number of benzene rings is 1. The Labute approximate surface area is 157 Å². The molecule has 1 N–H and O–H groups in total. The molecule has 1 heterocycles. The Morgan fingerprint density at radius 2 is 2.12 bits per heavy atom. The first-order chi connectivity index (χ1) is 12.5. The highest BCUT2D eigenvalue weighted by Crippen LogP contribution is 2.15. The molecule has 0 bridgehead atoms. The van der Waals surface area contributed by atoms with Crippen molar-refractivity contribution < 1.29 is 14.3 Å². The Morgan fingerprint density at radius 3 is 2.85 bits per heavy atom. The Kier molecular flexibility index (Phi) is 7.95. The molecule has 5 nitrogen and oxygen atoms in total. The van der Waals surface area contributed by atoms with Gasteiger partial charge in [0.2, 0.25) is 11.8 Å². The van der Waals surface area contributed by atoms with E-state index < -0.39 is 0 Å². The number of rotatable bonds is 8. The SMILES string of the molecule is Cc1cccc(OCCCCC(=O)N2CCCC(NC(=O)C(C)C)C2)c1. The predicted octanol–water partition coefficient (Wildman–Crippen LogP) is 3.31. The number of hydrogen-bond donors (Lipinski definition) is 1. The second-order valence-corrected chi connectivity index (χ2v) is 7.46. The number of carbonyl (C=O) groups excluding carboxylic acids is 2. The summed E-state index contributed by atoms with van der Waals surface area (Å²) in [5.41, 5.74) is 1.18. The largest absolute Gasteiger partial charge is 0.494 e. The molecule has 0 aliphatic carbocycles. The second kappa shape index (κ2) is 10.2. The van der Waals surface area contributed by atoms with E-state index in [1.54, 1.807) is 0 Å². The van der Waals surface area contributed by atoms with Crippen molar-refractivity contribution in [1.82, 2.24) is 10.2 Å². The number of unbranched alkanes of at least 4 members (excludes halogenated alkanes) is 1. The van der Waals surface area contributed by atoms with Gasteiger partial charge >= 0.3 is 0 Å². The molecular weight excluding hydrogens is 328 g/mol. The first-order valence-corrected chi connectivity index (χ1v) is 9.73. The lowest BCUT2D eigenvalue weighted by Gasteiger charge is -2.33. The van der Waals surface area contributed by atoms with E-state index in [9.17, 15) is 9.59 Å². The van der Waals surface area contributed by atoms with Crippen molar-refractivity contribution in [3.05, 3.63) is 29.8 Å². The summed E-state index contributed by atoms with van der Waals surface area (Å²) in [6, 6.07) is 8.09. The number of nitrogens with one attached hydrogen (secondary N) is 1. The fourth-order valence-corrected chi connectivity index (χ4v) is 3.12. The van der Waals surface area contributed by atoms with Crippen LogP contribution in [0.15, 0.2) is 24.3 Å². The molecule has 0 spiro atoms. The van der Waals surface area contributed by atoms with Gasteiger partial charge in [-0.25, -0.2) is 0 Å². The molecule has 1 aromatic carbocycles. The molecule has 1 saturated heterocycles. The molecule has 1 atom stereocenters. The number of likely N-dealkylation sites (tertiary alicyclic amines) is 1. The van der Waals surface area contributed by atoms with Crippen molar-refractivity contribution in [3.63, 3.8) is 0 Å². The monoisotopic (exact) mass is 360 g/mol. The molecule has 2 rings (SSSR count). The maximum absolute atomic E-state index is 12.4. The van der Waals surface area contributed by atoms with Gasteiger partial charge in [0.1, 0.15) is 5.75 Å². The van der Waals surface area contributed by atoms with Gasteiger partial charge in [0, 0.05) is 31.5 Å². The molecule has 0 radical (unpaired) electrons. The van der Waals surface area contributed by atoms with E-state index >= 15 is 0 Å². The first kappa shape index (κ1) is 20.3. The molecule has 26 heavy (non-hydrogen) atoms. The lowest BCUT2D eigenvalue weighted by Crippen LogP contribution is -2.50. The minimum absolute atomic E-state index is 0.0190. The van der Waals surface area contributed by atoms with Crippen LogP contribution >= 0.6 is 0 Å². The lowest BCUT2D eigenvalue weighted by molar-refractivity contribution is -0.134. The molecule has 0 saturated carbocycles. The van der Waals surface area contributed by atoms with E-state index in [-0.39, 0.29) is 23.8 Å². The number of hydrogen-bond acceptors (Lipinski definition) is 3. The van der Waals surface area contributed by atoms with Crippen LogP contribution in [-0.4, -0.2) is 42.5 Å². The number of ether oxygens (including phenoxy) is 1. The number of aryl methyl sites for hydroxylation is 1. The normalized spacial score (nSPS) is 17.2. The van der Waals surface area contributed by atoms with Crippen molar-refractivity contribution in [2.75, 3.05) is 19.7 Å². The van der Waals surface area contributed by atoms with Crippen molar-refractivity contribution in [3.8, 4) is 5.75 Å². The van der Waals surface area contributed by atoms with Crippen molar-refractivity contribution in [2.45, 2.75) is 58.9 Å². The summed E-state index contributed by atoms with van der Waals surface area (Å²) in [7, 11) is 0. The number of amides is 2. The fourth-order valence-electron chi connectivity index (χ4n) is 3.12. The summed E-state index contributed by atoms with van der Waals surface area (Å²) < 4.78 is 5.72. The van der Waals surface area contributed by atoms with Gasteiger partial charge in [0.25, 0.3) is 0 Å². The van der Waals surface area contributed by atoms with Crippen LogP contribution in [0.25, 0.3) is 0 Å². The smallest absolute Gasteiger partial charge is 0.222 e. The summed E-state index contributed by atoms with van der Waals surface area (Å²) >= 11 is 0. The molecule has 1 aromatic rings. The van der Waals surface area contributed by atoms with Crippen LogP contribution in [0.5, 0.6) is 5.75 Å². The maximum atomic E-state index is 12.4. The second-order valence-electron chi connectivity index (χ2n) is 7.46. The quantitative estimate of drug-likeness (QED) is 0.724. The molecule has 1 unspecified atom stereocenters. The number of carbonyl (C=O) groups is 2. The van der Waals surface area contributed by atoms with Gasteiger partial charge < -0.3 is 15.0 Å². The Hall–Kier alpha value is -2.04. The average molecular weight is 360 g/mol. The van der Waals surface area contributed by atoms with E-state index in [0.29, 0.717) is 19.6 Å². The molecule has 2 amide bonds. The summed E-state index contributed by atoms with van der Waals surface area (Å²) in [5.74, 6) is 1.12. The van der Waals surface area contributed by atoms with E-state index in [2.05, 4.69) is 5.32 Å². The summed E-state index contributed by atoms with van der Waals surface area (Å²) in [5, 5.41) is 3.05. The third kappa shape index (κ3) is 6.70. The van der Waals surface area contributed by atoms with Gasteiger partial charge in [-0.1, -0.05) is 26.0 Å². The van der Waals surface area contributed by atoms with Gasteiger partial charge in [0.15, 0.2) is 0 Å². The first-order valence-electron chi connectivity index (χ1n) is 9.73. The zero-order valence-corrected chi connectivity index (χ0v) is 16.3. The summed E-state index contributed by atoms with van der Waals surface area (Å²) in [6.45, 7) is 7.88. The van der Waals surface area contributed by atoms with E-state index in [0.717, 1.165) is 38.0 Å². The van der Waals surface area contributed by atoms with Crippen LogP contribution in [0.3, 0.4) is 0 Å². The van der Waals surface area contributed by atoms with Gasteiger partial charge in [-0.05, 0) is 50.3 Å². The van der Waals surface area contributed by atoms with Crippen LogP contribution in [0, 0.1) is 12.8 Å². The molecule has 1 aliphatic heterocycles. The Balaban J connectivity index is 1.65. The van der Waals surface area contributed by atoms with E-state index in [1.807, 2.05) is 49.9 Å². The van der Waals surface area contributed by atoms with Gasteiger partial charge in [-0.3, -0.25) is 9.59 Å². The average Bonchev–Trinajstić information content (AvgIpc) is 2.61. The topological polar surface area (TPSA) is 58.6 Å². The highest BCUT2D eigenvalue weighted by Gasteiger charge is 2.24. The van der Waals surface area contributed by atoms with Crippen molar-refractivity contribution >= 4 is 11.8 Å².